The lowest BCUT2D eigenvalue weighted by atomic mass is 10.0. The van der Waals surface area contributed by atoms with Gasteiger partial charge in [-0.2, -0.15) is 0 Å². The van der Waals surface area contributed by atoms with Crippen molar-refractivity contribution in [2.45, 2.75) is 38.8 Å². The molecule has 112 valence electrons. The average molecular weight is 276 g/mol. The van der Waals surface area contributed by atoms with Crippen molar-refractivity contribution in [3.8, 4) is 0 Å². The summed E-state index contributed by atoms with van der Waals surface area (Å²) in [6, 6.07) is 11.9. The van der Waals surface area contributed by atoms with E-state index in [1.807, 2.05) is 0 Å². The Balaban J connectivity index is 1.98. The predicted octanol–water partition coefficient (Wildman–Crippen LogP) is 2.84. The SMILES string of the molecule is CCN(CC)C(CNC1CCOCC1)c1ccccc1. The fourth-order valence-electron chi connectivity index (χ4n) is 2.98. The van der Waals surface area contributed by atoms with E-state index in [1.54, 1.807) is 0 Å². The van der Waals surface area contributed by atoms with Crippen LogP contribution in [0.2, 0.25) is 0 Å². The zero-order valence-electron chi connectivity index (χ0n) is 12.8. The van der Waals surface area contributed by atoms with Gasteiger partial charge in [-0.1, -0.05) is 44.2 Å². The van der Waals surface area contributed by atoms with Crippen molar-refractivity contribution in [3.05, 3.63) is 35.9 Å². The van der Waals surface area contributed by atoms with Gasteiger partial charge in [0.25, 0.3) is 0 Å². The molecule has 1 heterocycles. The Morgan fingerprint density at radius 2 is 1.80 bits per heavy atom. The minimum atomic E-state index is 0.467. The fraction of sp³-hybridized carbons (Fsp3) is 0.647. The minimum Gasteiger partial charge on any atom is -0.381 e. The molecule has 1 fully saturated rings. The van der Waals surface area contributed by atoms with E-state index >= 15 is 0 Å². The summed E-state index contributed by atoms with van der Waals surface area (Å²) < 4.78 is 5.43. The lowest BCUT2D eigenvalue weighted by Crippen LogP contribution is -2.41. The summed E-state index contributed by atoms with van der Waals surface area (Å²) in [5.74, 6) is 0. The Labute approximate surface area is 123 Å². The molecule has 1 aromatic carbocycles. The largest absolute Gasteiger partial charge is 0.381 e. The molecule has 1 aromatic rings. The second-order valence-corrected chi connectivity index (χ2v) is 5.44. The van der Waals surface area contributed by atoms with Crippen molar-refractivity contribution < 1.29 is 4.74 Å². The van der Waals surface area contributed by atoms with Gasteiger partial charge < -0.3 is 10.1 Å². The van der Waals surface area contributed by atoms with E-state index in [-0.39, 0.29) is 0 Å². The van der Waals surface area contributed by atoms with Crippen LogP contribution >= 0.6 is 0 Å². The lowest BCUT2D eigenvalue weighted by molar-refractivity contribution is 0.0750. The van der Waals surface area contributed by atoms with Crippen molar-refractivity contribution in [1.29, 1.82) is 0 Å². The number of nitrogens with zero attached hydrogens (tertiary/aromatic N) is 1. The van der Waals surface area contributed by atoms with E-state index in [9.17, 15) is 0 Å². The fourth-order valence-corrected chi connectivity index (χ4v) is 2.98. The van der Waals surface area contributed by atoms with Crippen molar-refractivity contribution in [3.63, 3.8) is 0 Å². The molecule has 1 unspecified atom stereocenters. The molecular formula is C17H28N2O. The number of nitrogens with one attached hydrogen (secondary N) is 1. The summed E-state index contributed by atoms with van der Waals surface area (Å²) in [6.07, 6.45) is 2.28. The van der Waals surface area contributed by atoms with Crippen LogP contribution in [0.4, 0.5) is 0 Å². The third kappa shape index (κ3) is 4.30. The van der Waals surface area contributed by atoms with Gasteiger partial charge in [0.2, 0.25) is 0 Å². The molecule has 20 heavy (non-hydrogen) atoms. The first kappa shape index (κ1) is 15.5. The molecule has 0 spiro atoms. The molecular weight excluding hydrogens is 248 g/mol. The minimum absolute atomic E-state index is 0.467. The van der Waals surface area contributed by atoms with Crippen LogP contribution in [0.5, 0.6) is 0 Å². The highest BCUT2D eigenvalue weighted by Gasteiger charge is 2.20. The monoisotopic (exact) mass is 276 g/mol. The molecule has 2 rings (SSSR count). The molecule has 0 radical (unpaired) electrons. The van der Waals surface area contributed by atoms with Crippen LogP contribution in [-0.4, -0.2) is 43.8 Å². The highest BCUT2D eigenvalue weighted by Crippen LogP contribution is 2.20. The van der Waals surface area contributed by atoms with Gasteiger partial charge >= 0.3 is 0 Å². The molecule has 1 aliphatic heterocycles. The topological polar surface area (TPSA) is 24.5 Å². The summed E-state index contributed by atoms with van der Waals surface area (Å²) in [4.78, 5) is 2.53. The average Bonchev–Trinajstić information content (AvgIpc) is 2.53. The van der Waals surface area contributed by atoms with Crippen LogP contribution in [0.1, 0.15) is 38.3 Å². The number of likely N-dealkylation sites (N-methyl/N-ethyl adjacent to an activating group) is 1. The van der Waals surface area contributed by atoms with Gasteiger partial charge in [-0.05, 0) is 31.5 Å². The van der Waals surface area contributed by atoms with Crippen LogP contribution in [0.3, 0.4) is 0 Å². The zero-order valence-corrected chi connectivity index (χ0v) is 12.8. The van der Waals surface area contributed by atoms with Crippen LogP contribution in [0.25, 0.3) is 0 Å². The van der Waals surface area contributed by atoms with E-state index in [0.29, 0.717) is 12.1 Å². The summed E-state index contributed by atoms with van der Waals surface area (Å²) in [5, 5.41) is 3.75. The molecule has 1 N–H and O–H groups in total. The maximum atomic E-state index is 5.43. The predicted molar refractivity (Wildman–Crippen MR) is 83.9 cm³/mol. The van der Waals surface area contributed by atoms with Gasteiger partial charge in [-0.15, -0.1) is 0 Å². The first-order chi connectivity index (χ1) is 9.85. The Bertz CT molecular complexity index is 359. The number of hydrogen-bond donors (Lipinski definition) is 1. The van der Waals surface area contributed by atoms with Crippen LogP contribution < -0.4 is 5.32 Å². The Kier molecular flexibility index (Phi) is 6.51. The van der Waals surface area contributed by atoms with Gasteiger partial charge in [0.15, 0.2) is 0 Å². The van der Waals surface area contributed by atoms with Crippen molar-refractivity contribution in [2.75, 3.05) is 32.8 Å². The smallest absolute Gasteiger partial charge is 0.0480 e. The zero-order chi connectivity index (χ0) is 14.2. The summed E-state index contributed by atoms with van der Waals surface area (Å²) >= 11 is 0. The van der Waals surface area contributed by atoms with Crippen molar-refractivity contribution >= 4 is 0 Å². The Morgan fingerprint density at radius 1 is 1.15 bits per heavy atom. The van der Waals surface area contributed by atoms with Crippen LogP contribution in [0, 0.1) is 0 Å². The van der Waals surface area contributed by atoms with E-state index in [4.69, 9.17) is 4.74 Å². The highest BCUT2D eigenvalue weighted by molar-refractivity contribution is 5.19. The number of rotatable bonds is 7. The third-order valence-corrected chi connectivity index (χ3v) is 4.26. The van der Waals surface area contributed by atoms with E-state index in [2.05, 4.69) is 54.4 Å². The second-order valence-electron chi connectivity index (χ2n) is 5.44. The molecule has 3 nitrogen and oxygen atoms in total. The van der Waals surface area contributed by atoms with Gasteiger partial charge in [-0.25, -0.2) is 0 Å². The summed E-state index contributed by atoms with van der Waals surface area (Å²) in [7, 11) is 0. The van der Waals surface area contributed by atoms with Crippen molar-refractivity contribution in [1.82, 2.24) is 10.2 Å². The number of ether oxygens (including phenoxy) is 1. The second kappa shape index (κ2) is 8.40. The first-order valence-corrected chi connectivity index (χ1v) is 7.95. The van der Waals surface area contributed by atoms with Crippen LogP contribution in [-0.2, 0) is 4.74 Å². The van der Waals surface area contributed by atoms with Gasteiger partial charge in [0, 0.05) is 31.8 Å². The Hall–Kier alpha value is -0.900. The van der Waals surface area contributed by atoms with Crippen molar-refractivity contribution in [2.24, 2.45) is 0 Å². The molecule has 1 saturated heterocycles. The van der Waals surface area contributed by atoms with Gasteiger partial charge in [-0.3, -0.25) is 4.90 Å². The maximum Gasteiger partial charge on any atom is 0.0480 e. The lowest BCUT2D eigenvalue weighted by Gasteiger charge is -2.32. The Morgan fingerprint density at radius 3 is 2.40 bits per heavy atom. The van der Waals surface area contributed by atoms with Gasteiger partial charge in [0.1, 0.15) is 0 Å². The molecule has 0 aliphatic carbocycles. The first-order valence-electron chi connectivity index (χ1n) is 7.95. The molecule has 0 amide bonds. The van der Waals surface area contributed by atoms with Crippen LogP contribution in [0.15, 0.2) is 30.3 Å². The van der Waals surface area contributed by atoms with E-state index in [1.165, 1.54) is 5.56 Å². The molecule has 0 saturated carbocycles. The molecule has 0 bridgehead atoms. The number of hydrogen-bond acceptors (Lipinski definition) is 3. The summed E-state index contributed by atoms with van der Waals surface area (Å²) in [6.45, 7) is 9.49. The molecule has 3 heteroatoms. The molecule has 1 aliphatic rings. The third-order valence-electron chi connectivity index (χ3n) is 4.26. The number of benzene rings is 1. The normalized spacial score (nSPS) is 18.4. The quantitative estimate of drug-likeness (QED) is 0.829. The van der Waals surface area contributed by atoms with E-state index in [0.717, 1.165) is 45.7 Å². The highest BCUT2D eigenvalue weighted by atomic mass is 16.5. The maximum absolute atomic E-state index is 5.43. The molecule has 1 atom stereocenters. The van der Waals surface area contributed by atoms with E-state index < -0.39 is 0 Å². The standard InChI is InChI=1S/C17H28N2O/c1-3-19(4-2)17(15-8-6-5-7-9-15)14-18-16-10-12-20-13-11-16/h5-9,16-18H,3-4,10-14H2,1-2H3. The van der Waals surface area contributed by atoms with Gasteiger partial charge in [0.05, 0.1) is 0 Å². The summed E-state index contributed by atoms with van der Waals surface area (Å²) in [5.41, 5.74) is 1.41. The molecule has 0 aromatic heterocycles.